The van der Waals surface area contributed by atoms with E-state index in [0.29, 0.717) is 23.3 Å². The van der Waals surface area contributed by atoms with Crippen LogP contribution in [0.3, 0.4) is 0 Å². The SMILES string of the molecule is CC(=O)Oc1ccc([C@@H]2C(C#N)=C(C)NC3=C2C(=O)CC(C)(C)C3)cc1. The monoisotopic (exact) mass is 350 g/mol. The van der Waals surface area contributed by atoms with Gasteiger partial charge in [-0.15, -0.1) is 0 Å². The molecule has 2 aliphatic rings. The normalized spacial score (nSPS) is 21.7. The maximum absolute atomic E-state index is 12.9. The number of rotatable bonds is 2. The topological polar surface area (TPSA) is 79.2 Å². The van der Waals surface area contributed by atoms with E-state index in [1.165, 1.54) is 6.92 Å². The number of nitrogens with one attached hydrogen (secondary N) is 1. The molecule has 0 unspecified atom stereocenters. The molecule has 1 aliphatic heterocycles. The third-order valence-electron chi connectivity index (χ3n) is 4.84. The Hall–Kier alpha value is -2.87. The Labute approximate surface area is 153 Å². The number of esters is 1. The molecule has 1 atom stereocenters. The zero-order chi connectivity index (χ0) is 19.1. The highest BCUT2D eigenvalue weighted by molar-refractivity contribution is 6.00. The molecule has 0 saturated carbocycles. The van der Waals surface area contributed by atoms with Crippen LogP contribution < -0.4 is 10.1 Å². The molecule has 134 valence electrons. The van der Waals surface area contributed by atoms with Gasteiger partial charge in [-0.2, -0.15) is 5.26 Å². The third-order valence-corrected chi connectivity index (χ3v) is 4.84. The van der Waals surface area contributed by atoms with Gasteiger partial charge in [-0.25, -0.2) is 0 Å². The number of hydrogen-bond acceptors (Lipinski definition) is 5. The highest BCUT2D eigenvalue weighted by atomic mass is 16.5. The summed E-state index contributed by atoms with van der Waals surface area (Å²) in [6, 6.07) is 9.29. The van der Waals surface area contributed by atoms with Crippen molar-refractivity contribution in [3.63, 3.8) is 0 Å². The summed E-state index contributed by atoms with van der Waals surface area (Å²) in [4.78, 5) is 24.0. The number of Topliss-reactive ketones (excluding diaryl/α,β-unsaturated/α-hetero) is 1. The van der Waals surface area contributed by atoms with E-state index in [2.05, 4.69) is 25.2 Å². The number of hydrogen-bond donors (Lipinski definition) is 1. The first kappa shape index (κ1) is 17.9. The second-order valence-electron chi connectivity index (χ2n) is 7.70. The average molecular weight is 350 g/mol. The van der Waals surface area contributed by atoms with Crippen LogP contribution >= 0.6 is 0 Å². The van der Waals surface area contributed by atoms with Crippen molar-refractivity contribution in [1.82, 2.24) is 5.32 Å². The number of ketones is 1. The lowest BCUT2D eigenvalue weighted by Gasteiger charge is -2.38. The Morgan fingerprint density at radius 3 is 2.50 bits per heavy atom. The lowest BCUT2D eigenvalue weighted by molar-refractivity contribution is -0.131. The summed E-state index contributed by atoms with van der Waals surface area (Å²) in [5, 5.41) is 13.0. The fourth-order valence-corrected chi connectivity index (χ4v) is 3.81. The molecular formula is C21H22N2O3. The summed E-state index contributed by atoms with van der Waals surface area (Å²) in [5.74, 6) is -0.244. The first-order valence-electron chi connectivity index (χ1n) is 8.64. The number of carbonyl (C=O) groups excluding carboxylic acids is 2. The van der Waals surface area contributed by atoms with E-state index in [1.807, 2.05) is 19.1 Å². The fraction of sp³-hybridized carbons (Fsp3) is 0.381. The Bertz CT molecular complexity index is 883. The number of ether oxygens (including phenoxy) is 1. The maximum atomic E-state index is 12.9. The summed E-state index contributed by atoms with van der Waals surface area (Å²) in [6.07, 6.45) is 1.24. The summed E-state index contributed by atoms with van der Waals surface area (Å²) >= 11 is 0. The van der Waals surface area contributed by atoms with Crippen LogP contribution in [0.1, 0.15) is 52.0 Å². The Morgan fingerprint density at radius 2 is 1.92 bits per heavy atom. The van der Waals surface area contributed by atoms with Crippen molar-refractivity contribution in [3.8, 4) is 11.8 Å². The minimum atomic E-state index is -0.386. The number of carbonyl (C=O) groups is 2. The van der Waals surface area contributed by atoms with Gasteiger partial charge in [-0.1, -0.05) is 26.0 Å². The maximum Gasteiger partial charge on any atom is 0.308 e. The predicted molar refractivity (Wildman–Crippen MR) is 97.0 cm³/mol. The van der Waals surface area contributed by atoms with Crippen molar-refractivity contribution < 1.29 is 14.3 Å². The predicted octanol–water partition coefficient (Wildman–Crippen LogP) is 3.74. The molecule has 5 heteroatoms. The molecule has 0 aromatic heterocycles. The lowest BCUT2D eigenvalue weighted by atomic mass is 9.69. The van der Waals surface area contributed by atoms with Crippen molar-refractivity contribution in [2.45, 2.75) is 46.5 Å². The van der Waals surface area contributed by atoms with Gasteiger partial charge < -0.3 is 10.1 Å². The molecule has 0 fully saturated rings. The smallest absolute Gasteiger partial charge is 0.308 e. The summed E-state index contributed by atoms with van der Waals surface area (Å²) in [7, 11) is 0. The van der Waals surface area contributed by atoms with Crippen molar-refractivity contribution in [2.24, 2.45) is 5.41 Å². The molecule has 1 heterocycles. The molecule has 1 aliphatic carbocycles. The zero-order valence-electron chi connectivity index (χ0n) is 15.5. The number of allylic oxidation sites excluding steroid dienone is 4. The van der Waals surface area contributed by atoms with Crippen LogP contribution in [0.5, 0.6) is 5.75 Å². The molecular weight excluding hydrogens is 328 g/mol. The molecule has 26 heavy (non-hydrogen) atoms. The third kappa shape index (κ3) is 3.28. The van der Waals surface area contributed by atoms with Crippen LogP contribution in [0.15, 0.2) is 46.8 Å². The van der Waals surface area contributed by atoms with Gasteiger partial charge in [0, 0.05) is 30.3 Å². The zero-order valence-corrected chi connectivity index (χ0v) is 15.5. The molecule has 0 bridgehead atoms. The van der Waals surface area contributed by atoms with Crippen LogP contribution in [0, 0.1) is 16.7 Å². The van der Waals surface area contributed by atoms with Crippen molar-refractivity contribution >= 4 is 11.8 Å². The molecule has 0 saturated heterocycles. The van der Waals surface area contributed by atoms with Crippen molar-refractivity contribution in [3.05, 3.63) is 52.4 Å². The quantitative estimate of drug-likeness (QED) is 0.649. The molecule has 5 nitrogen and oxygen atoms in total. The van der Waals surface area contributed by atoms with E-state index in [9.17, 15) is 14.9 Å². The van der Waals surface area contributed by atoms with E-state index >= 15 is 0 Å². The number of dihydropyridines is 1. The number of benzene rings is 1. The van der Waals surface area contributed by atoms with Crippen LogP contribution in [-0.2, 0) is 9.59 Å². The Balaban J connectivity index is 2.08. The molecule has 1 aromatic rings. The van der Waals surface area contributed by atoms with Gasteiger partial charge in [0.25, 0.3) is 0 Å². The lowest BCUT2D eigenvalue weighted by Crippen LogP contribution is -2.36. The molecule has 0 radical (unpaired) electrons. The molecule has 1 N–H and O–H groups in total. The van der Waals surface area contributed by atoms with Gasteiger partial charge >= 0.3 is 5.97 Å². The van der Waals surface area contributed by atoms with Crippen LogP contribution in [-0.4, -0.2) is 11.8 Å². The van der Waals surface area contributed by atoms with Gasteiger partial charge in [-0.3, -0.25) is 9.59 Å². The molecule has 0 amide bonds. The Kier molecular flexibility index (Phi) is 4.45. The summed E-state index contributed by atoms with van der Waals surface area (Å²) in [5.41, 5.74) is 3.68. The van der Waals surface area contributed by atoms with E-state index in [-0.39, 0.29) is 23.1 Å². The first-order valence-corrected chi connectivity index (χ1v) is 8.64. The van der Waals surface area contributed by atoms with E-state index in [1.54, 1.807) is 12.1 Å². The van der Waals surface area contributed by atoms with Crippen molar-refractivity contribution in [1.29, 1.82) is 5.26 Å². The van der Waals surface area contributed by atoms with Gasteiger partial charge in [0.2, 0.25) is 0 Å². The van der Waals surface area contributed by atoms with Gasteiger partial charge in [0.05, 0.1) is 17.6 Å². The summed E-state index contributed by atoms with van der Waals surface area (Å²) in [6.45, 7) is 7.38. The largest absolute Gasteiger partial charge is 0.427 e. The van der Waals surface area contributed by atoms with Gasteiger partial charge in [-0.05, 0) is 36.5 Å². The minimum Gasteiger partial charge on any atom is -0.427 e. The first-order chi connectivity index (χ1) is 12.2. The fourth-order valence-electron chi connectivity index (χ4n) is 3.81. The van der Waals surface area contributed by atoms with E-state index in [0.717, 1.165) is 23.4 Å². The van der Waals surface area contributed by atoms with Crippen LogP contribution in [0.25, 0.3) is 0 Å². The highest BCUT2D eigenvalue weighted by Gasteiger charge is 2.41. The standard InChI is InChI=1S/C21H22N2O3/c1-12-16(11-22)19(14-5-7-15(8-6-14)26-13(2)24)20-17(23-12)9-21(3,4)10-18(20)25/h5-8,19,23H,9-10H2,1-4H3/t19-/m1/s1. The van der Waals surface area contributed by atoms with E-state index in [4.69, 9.17) is 4.74 Å². The number of nitrogens with zero attached hydrogens (tertiary/aromatic N) is 1. The van der Waals surface area contributed by atoms with Gasteiger partial charge in [0.1, 0.15) is 5.75 Å². The minimum absolute atomic E-state index is 0.0815. The molecule has 3 rings (SSSR count). The second-order valence-corrected chi connectivity index (χ2v) is 7.70. The average Bonchev–Trinajstić information content (AvgIpc) is 2.52. The van der Waals surface area contributed by atoms with Gasteiger partial charge in [0.15, 0.2) is 5.78 Å². The number of nitriles is 1. The van der Waals surface area contributed by atoms with E-state index < -0.39 is 0 Å². The van der Waals surface area contributed by atoms with Crippen LogP contribution in [0.2, 0.25) is 0 Å². The van der Waals surface area contributed by atoms with Crippen LogP contribution in [0.4, 0.5) is 0 Å². The Morgan fingerprint density at radius 1 is 1.27 bits per heavy atom. The summed E-state index contributed by atoms with van der Waals surface area (Å²) < 4.78 is 5.08. The molecule has 1 aromatic carbocycles. The second kappa shape index (κ2) is 6.45. The highest BCUT2D eigenvalue weighted by Crippen LogP contribution is 2.46. The van der Waals surface area contributed by atoms with Crippen molar-refractivity contribution in [2.75, 3.05) is 0 Å². The molecule has 0 spiro atoms.